The topological polar surface area (TPSA) is 101 Å². The zero-order valence-corrected chi connectivity index (χ0v) is 17.8. The van der Waals surface area contributed by atoms with E-state index in [0.29, 0.717) is 31.9 Å². The van der Waals surface area contributed by atoms with Crippen LogP contribution in [0, 0.1) is 6.92 Å². The molecule has 2 aliphatic heterocycles. The minimum absolute atomic E-state index is 0.0109. The van der Waals surface area contributed by atoms with Gasteiger partial charge >= 0.3 is 0 Å². The smallest absolute Gasteiger partial charge is 0.249 e. The largest absolute Gasteiger partial charge is 0.370 e. The molecule has 31 heavy (non-hydrogen) atoms. The van der Waals surface area contributed by atoms with Crippen LogP contribution in [0.25, 0.3) is 0 Å². The van der Waals surface area contributed by atoms with Crippen LogP contribution in [-0.2, 0) is 14.3 Å². The molecule has 2 aromatic heterocycles. The van der Waals surface area contributed by atoms with Crippen molar-refractivity contribution in [1.29, 1.82) is 0 Å². The number of nitrogens with zero attached hydrogens (tertiary/aromatic N) is 5. The summed E-state index contributed by atoms with van der Waals surface area (Å²) in [6, 6.07) is 3.75. The first-order valence-corrected chi connectivity index (χ1v) is 10.8. The van der Waals surface area contributed by atoms with Gasteiger partial charge in [0.05, 0.1) is 30.7 Å². The molecule has 164 valence electrons. The van der Waals surface area contributed by atoms with Crippen molar-refractivity contribution in [3.8, 4) is 0 Å². The molecule has 2 saturated heterocycles. The van der Waals surface area contributed by atoms with Gasteiger partial charge in [-0.1, -0.05) is 6.07 Å². The molecule has 2 fully saturated rings. The molecule has 4 heterocycles. The van der Waals surface area contributed by atoms with Gasteiger partial charge in [0.1, 0.15) is 18.2 Å². The molecule has 2 amide bonds. The van der Waals surface area contributed by atoms with Gasteiger partial charge in [-0.05, 0) is 37.8 Å². The monoisotopic (exact) mass is 424 g/mol. The highest BCUT2D eigenvalue weighted by Crippen LogP contribution is 2.31. The normalized spacial score (nSPS) is 18.6. The van der Waals surface area contributed by atoms with E-state index in [4.69, 9.17) is 4.74 Å². The summed E-state index contributed by atoms with van der Waals surface area (Å²) in [5, 5.41) is 3.21. The predicted octanol–water partition coefficient (Wildman–Crippen LogP) is 2.23. The van der Waals surface area contributed by atoms with Gasteiger partial charge in [0.15, 0.2) is 0 Å². The number of hydrogen-bond donors (Lipinski definition) is 1. The van der Waals surface area contributed by atoms with Gasteiger partial charge in [-0.15, -0.1) is 0 Å². The van der Waals surface area contributed by atoms with Crippen molar-refractivity contribution in [2.24, 2.45) is 0 Å². The summed E-state index contributed by atoms with van der Waals surface area (Å²) in [4.78, 5) is 41.4. The summed E-state index contributed by atoms with van der Waals surface area (Å²) in [5.41, 5.74) is 1.77. The SMILES string of the molecule is Cc1cccnc1Nc1cncc(C2CCCN2C(=O)COCCN2CCCC2=O)n1. The Kier molecular flexibility index (Phi) is 6.71. The van der Waals surface area contributed by atoms with Crippen molar-refractivity contribution >= 4 is 23.5 Å². The molecule has 0 saturated carbocycles. The Hall–Kier alpha value is -3.07. The predicted molar refractivity (Wildman–Crippen MR) is 115 cm³/mol. The summed E-state index contributed by atoms with van der Waals surface area (Å²) in [5.74, 6) is 1.45. The number of nitrogens with one attached hydrogen (secondary N) is 1. The maximum absolute atomic E-state index is 12.8. The second-order valence-electron chi connectivity index (χ2n) is 7.91. The number of likely N-dealkylation sites (tertiary alicyclic amines) is 2. The number of rotatable bonds is 8. The summed E-state index contributed by atoms with van der Waals surface area (Å²) in [6.45, 7) is 4.36. The van der Waals surface area contributed by atoms with Crippen molar-refractivity contribution < 1.29 is 14.3 Å². The van der Waals surface area contributed by atoms with Gasteiger partial charge in [0, 0.05) is 32.3 Å². The highest BCUT2D eigenvalue weighted by Gasteiger charge is 2.31. The molecular formula is C22H28N6O3. The van der Waals surface area contributed by atoms with E-state index in [1.54, 1.807) is 23.5 Å². The zero-order chi connectivity index (χ0) is 21.6. The first-order chi connectivity index (χ1) is 15.1. The van der Waals surface area contributed by atoms with Crippen molar-refractivity contribution in [2.45, 2.75) is 38.6 Å². The summed E-state index contributed by atoms with van der Waals surface area (Å²) < 4.78 is 5.58. The first-order valence-electron chi connectivity index (χ1n) is 10.8. The third-order valence-corrected chi connectivity index (χ3v) is 5.73. The van der Waals surface area contributed by atoms with Crippen LogP contribution in [0.15, 0.2) is 30.7 Å². The molecule has 2 aliphatic rings. The average Bonchev–Trinajstić information content (AvgIpc) is 3.42. The summed E-state index contributed by atoms with van der Waals surface area (Å²) in [7, 11) is 0. The molecule has 1 unspecified atom stereocenters. The fourth-order valence-corrected chi connectivity index (χ4v) is 4.07. The number of amides is 2. The molecule has 1 atom stereocenters. The minimum Gasteiger partial charge on any atom is -0.370 e. The molecule has 0 spiro atoms. The third kappa shape index (κ3) is 5.16. The first kappa shape index (κ1) is 21.2. The second-order valence-corrected chi connectivity index (χ2v) is 7.91. The van der Waals surface area contributed by atoms with Crippen LogP contribution in [0.5, 0.6) is 0 Å². The van der Waals surface area contributed by atoms with E-state index in [1.165, 1.54) is 0 Å². The van der Waals surface area contributed by atoms with Gasteiger partial charge in [-0.3, -0.25) is 14.6 Å². The van der Waals surface area contributed by atoms with E-state index in [2.05, 4.69) is 20.3 Å². The Labute approximate surface area is 181 Å². The molecule has 0 bridgehead atoms. The Bertz CT molecular complexity index is 937. The zero-order valence-electron chi connectivity index (χ0n) is 17.8. The lowest BCUT2D eigenvalue weighted by molar-refractivity contribution is -0.137. The van der Waals surface area contributed by atoms with Crippen molar-refractivity contribution in [3.63, 3.8) is 0 Å². The Balaban J connectivity index is 1.34. The summed E-state index contributed by atoms with van der Waals surface area (Å²) in [6.07, 6.45) is 8.37. The molecular weight excluding hydrogens is 396 g/mol. The van der Waals surface area contributed by atoms with Crippen LogP contribution in [0.4, 0.5) is 11.6 Å². The van der Waals surface area contributed by atoms with Crippen LogP contribution in [0.3, 0.4) is 0 Å². The quantitative estimate of drug-likeness (QED) is 0.649. The lowest BCUT2D eigenvalue weighted by Gasteiger charge is -2.24. The molecule has 2 aromatic rings. The highest BCUT2D eigenvalue weighted by molar-refractivity contribution is 5.78. The van der Waals surface area contributed by atoms with Gasteiger partial charge < -0.3 is 19.9 Å². The van der Waals surface area contributed by atoms with Crippen molar-refractivity contribution in [2.75, 3.05) is 38.2 Å². The molecule has 4 rings (SSSR count). The van der Waals surface area contributed by atoms with E-state index in [-0.39, 0.29) is 24.5 Å². The Morgan fingerprint density at radius 2 is 2.19 bits per heavy atom. The van der Waals surface area contributed by atoms with Crippen LogP contribution in [0.1, 0.15) is 43.0 Å². The summed E-state index contributed by atoms with van der Waals surface area (Å²) >= 11 is 0. The standard InChI is InChI=1S/C22H28N6O3/c1-16-5-2-8-24-22(16)26-19-14-23-13-17(25-19)18-6-3-10-28(18)21(30)15-31-12-11-27-9-4-7-20(27)29/h2,5,8,13-14,18H,3-4,6-7,9-12,15H2,1H3,(H,24,25,26). The van der Waals surface area contributed by atoms with E-state index >= 15 is 0 Å². The number of carbonyl (C=O) groups is 2. The fourth-order valence-electron chi connectivity index (χ4n) is 4.07. The number of ether oxygens (including phenoxy) is 1. The van der Waals surface area contributed by atoms with E-state index < -0.39 is 0 Å². The molecule has 0 radical (unpaired) electrons. The molecule has 0 aromatic carbocycles. The van der Waals surface area contributed by atoms with Gasteiger partial charge in [-0.2, -0.15) is 0 Å². The van der Waals surface area contributed by atoms with Crippen LogP contribution in [-0.4, -0.2) is 69.4 Å². The van der Waals surface area contributed by atoms with Crippen LogP contribution < -0.4 is 5.32 Å². The average molecular weight is 425 g/mol. The molecule has 0 aliphatic carbocycles. The number of pyridine rings is 1. The molecule has 1 N–H and O–H groups in total. The van der Waals surface area contributed by atoms with Crippen LogP contribution >= 0.6 is 0 Å². The Morgan fingerprint density at radius 1 is 1.29 bits per heavy atom. The lowest BCUT2D eigenvalue weighted by atomic mass is 10.1. The Morgan fingerprint density at radius 3 is 3.00 bits per heavy atom. The third-order valence-electron chi connectivity index (χ3n) is 5.73. The minimum atomic E-state index is -0.115. The number of carbonyl (C=O) groups excluding carboxylic acids is 2. The highest BCUT2D eigenvalue weighted by atomic mass is 16.5. The number of anilines is 2. The fraction of sp³-hybridized carbons (Fsp3) is 0.500. The van der Waals surface area contributed by atoms with E-state index in [1.807, 2.05) is 24.0 Å². The molecule has 9 nitrogen and oxygen atoms in total. The van der Waals surface area contributed by atoms with Gasteiger partial charge in [0.2, 0.25) is 11.8 Å². The maximum atomic E-state index is 12.8. The van der Waals surface area contributed by atoms with E-state index in [9.17, 15) is 9.59 Å². The number of hydrogen-bond acceptors (Lipinski definition) is 7. The second kappa shape index (κ2) is 9.82. The maximum Gasteiger partial charge on any atom is 0.249 e. The van der Waals surface area contributed by atoms with Gasteiger partial charge in [-0.25, -0.2) is 9.97 Å². The number of aryl methyl sites for hydroxylation is 1. The molecule has 9 heteroatoms. The van der Waals surface area contributed by atoms with Crippen LogP contribution in [0.2, 0.25) is 0 Å². The number of aromatic nitrogens is 3. The van der Waals surface area contributed by atoms with Crippen molar-refractivity contribution in [1.82, 2.24) is 24.8 Å². The van der Waals surface area contributed by atoms with Gasteiger partial charge in [0.25, 0.3) is 0 Å². The lowest BCUT2D eigenvalue weighted by Crippen LogP contribution is -2.35. The van der Waals surface area contributed by atoms with E-state index in [0.717, 1.165) is 42.9 Å². The van der Waals surface area contributed by atoms with Crippen molar-refractivity contribution in [3.05, 3.63) is 42.0 Å².